The summed E-state index contributed by atoms with van der Waals surface area (Å²) < 4.78 is 4.98. The molecule has 2 aromatic heterocycles. The summed E-state index contributed by atoms with van der Waals surface area (Å²) >= 11 is 0. The molecular weight excluding hydrogens is 274 g/mol. The minimum absolute atomic E-state index is 0.122. The van der Waals surface area contributed by atoms with E-state index in [1.165, 1.54) is 13.3 Å². The quantitative estimate of drug-likeness (QED) is 0.664. The van der Waals surface area contributed by atoms with Crippen LogP contribution < -0.4 is 10.1 Å². The number of methoxy groups -OCH3 is 1. The molecule has 0 unspecified atom stereocenters. The molecule has 0 saturated carbocycles. The van der Waals surface area contributed by atoms with Gasteiger partial charge in [-0.05, 0) is 19.9 Å². The molecule has 0 aliphatic heterocycles. The van der Waals surface area contributed by atoms with Gasteiger partial charge >= 0.3 is 5.69 Å². The van der Waals surface area contributed by atoms with Crippen LogP contribution in [-0.4, -0.2) is 33.5 Å². The van der Waals surface area contributed by atoms with Crippen molar-refractivity contribution in [3.8, 4) is 17.1 Å². The number of pyridine rings is 1. The topological polar surface area (TPSA) is 103 Å². The third kappa shape index (κ3) is 3.04. The Morgan fingerprint density at radius 3 is 2.67 bits per heavy atom. The molecule has 2 aromatic rings. The normalized spacial score (nSPS) is 10.2. The molecule has 0 atom stereocenters. The molecule has 21 heavy (non-hydrogen) atoms. The highest BCUT2D eigenvalue weighted by Crippen LogP contribution is 2.31. The van der Waals surface area contributed by atoms with Crippen LogP contribution in [0.15, 0.2) is 18.3 Å². The van der Waals surface area contributed by atoms with Crippen molar-refractivity contribution in [2.75, 3.05) is 19.0 Å². The third-order valence-electron chi connectivity index (χ3n) is 2.79. The largest absolute Gasteiger partial charge is 0.481 e. The van der Waals surface area contributed by atoms with Gasteiger partial charge in [0.1, 0.15) is 5.69 Å². The number of nitro groups is 1. The van der Waals surface area contributed by atoms with Gasteiger partial charge in [0.05, 0.1) is 12.0 Å². The molecule has 0 aliphatic rings. The maximum absolute atomic E-state index is 11.3. The fourth-order valence-electron chi connectivity index (χ4n) is 1.87. The van der Waals surface area contributed by atoms with Crippen molar-refractivity contribution in [3.63, 3.8) is 0 Å². The zero-order valence-corrected chi connectivity index (χ0v) is 12.0. The van der Waals surface area contributed by atoms with Gasteiger partial charge in [-0.2, -0.15) is 0 Å². The molecule has 1 N–H and O–H groups in total. The SMILES string of the molecule is CCNc1nc(C)c([N+](=O)[O-])c(-c2ccc(OC)nc2)n1. The molecule has 110 valence electrons. The van der Waals surface area contributed by atoms with Crippen LogP contribution in [0.2, 0.25) is 0 Å². The number of anilines is 1. The van der Waals surface area contributed by atoms with Gasteiger partial charge in [0.15, 0.2) is 5.69 Å². The summed E-state index contributed by atoms with van der Waals surface area (Å²) in [6.45, 7) is 4.10. The molecule has 0 amide bonds. The van der Waals surface area contributed by atoms with E-state index in [2.05, 4.69) is 20.3 Å². The van der Waals surface area contributed by atoms with E-state index in [0.717, 1.165) is 0 Å². The van der Waals surface area contributed by atoms with Gasteiger partial charge in [-0.3, -0.25) is 10.1 Å². The monoisotopic (exact) mass is 289 g/mol. The number of ether oxygens (including phenoxy) is 1. The second kappa shape index (κ2) is 6.12. The Labute approximate surface area is 121 Å². The minimum Gasteiger partial charge on any atom is -0.481 e. The fourth-order valence-corrected chi connectivity index (χ4v) is 1.87. The highest BCUT2D eigenvalue weighted by Gasteiger charge is 2.23. The summed E-state index contributed by atoms with van der Waals surface area (Å²) in [5.74, 6) is 0.783. The molecule has 0 aromatic carbocycles. The number of aromatic nitrogens is 3. The number of hydrogen-bond acceptors (Lipinski definition) is 7. The summed E-state index contributed by atoms with van der Waals surface area (Å²) in [7, 11) is 1.50. The lowest BCUT2D eigenvalue weighted by atomic mass is 10.1. The van der Waals surface area contributed by atoms with Crippen molar-refractivity contribution < 1.29 is 9.66 Å². The van der Waals surface area contributed by atoms with Crippen molar-refractivity contribution in [2.45, 2.75) is 13.8 Å². The van der Waals surface area contributed by atoms with Gasteiger partial charge in [0.25, 0.3) is 0 Å². The Bertz CT molecular complexity index is 658. The van der Waals surface area contributed by atoms with Crippen LogP contribution in [0.25, 0.3) is 11.3 Å². The van der Waals surface area contributed by atoms with Crippen molar-refractivity contribution in [3.05, 3.63) is 34.1 Å². The lowest BCUT2D eigenvalue weighted by Crippen LogP contribution is -2.07. The second-order valence-corrected chi connectivity index (χ2v) is 4.21. The zero-order valence-electron chi connectivity index (χ0n) is 12.0. The summed E-state index contributed by atoms with van der Waals surface area (Å²) in [5, 5.41) is 14.2. The Morgan fingerprint density at radius 1 is 1.38 bits per heavy atom. The average molecular weight is 289 g/mol. The van der Waals surface area contributed by atoms with E-state index < -0.39 is 4.92 Å². The van der Waals surface area contributed by atoms with Crippen LogP contribution in [0.1, 0.15) is 12.6 Å². The third-order valence-corrected chi connectivity index (χ3v) is 2.79. The Hall–Kier alpha value is -2.77. The maximum atomic E-state index is 11.3. The van der Waals surface area contributed by atoms with Gasteiger partial charge in [0.2, 0.25) is 11.8 Å². The van der Waals surface area contributed by atoms with Crippen LogP contribution in [-0.2, 0) is 0 Å². The van der Waals surface area contributed by atoms with E-state index in [9.17, 15) is 10.1 Å². The first-order chi connectivity index (χ1) is 10.1. The van der Waals surface area contributed by atoms with Crippen LogP contribution in [0.4, 0.5) is 11.6 Å². The molecular formula is C13H15N5O3. The number of hydrogen-bond donors (Lipinski definition) is 1. The number of nitrogens with zero attached hydrogens (tertiary/aromatic N) is 4. The van der Waals surface area contributed by atoms with Crippen LogP contribution in [0.3, 0.4) is 0 Å². The van der Waals surface area contributed by atoms with E-state index in [4.69, 9.17) is 4.74 Å². The predicted octanol–water partition coefficient (Wildman–Crippen LogP) is 2.20. The Morgan fingerprint density at radius 2 is 2.14 bits per heavy atom. The van der Waals surface area contributed by atoms with E-state index in [1.54, 1.807) is 19.1 Å². The molecule has 0 saturated heterocycles. The standard InChI is InChI=1S/C13H15N5O3/c1-4-14-13-16-8(2)12(18(19)20)11(17-13)9-5-6-10(21-3)15-7-9/h5-7H,4H2,1-3H3,(H,14,16,17). The molecule has 8 nitrogen and oxygen atoms in total. The first-order valence-electron chi connectivity index (χ1n) is 6.34. The van der Waals surface area contributed by atoms with Crippen LogP contribution >= 0.6 is 0 Å². The summed E-state index contributed by atoms with van der Waals surface area (Å²) in [6.07, 6.45) is 1.49. The summed E-state index contributed by atoms with van der Waals surface area (Å²) in [6, 6.07) is 3.31. The molecule has 0 bridgehead atoms. The smallest absolute Gasteiger partial charge is 0.316 e. The zero-order chi connectivity index (χ0) is 15.4. The first kappa shape index (κ1) is 14.6. The van der Waals surface area contributed by atoms with Gasteiger partial charge in [-0.15, -0.1) is 0 Å². The highest BCUT2D eigenvalue weighted by molar-refractivity contribution is 5.71. The maximum Gasteiger partial charge on any atom is 0.316 e. The average Bonchev–Trinajstić information content (AvgIpc) is 2.46. The summed E-state index contributed by atoms with van der Waals surface area (Å²) in [4.78, 5) is 23.2. The molecule has 2 rings (SSSR count). The van der Waals surface area contributed by atoms with Gasteiger partial charge in [-0.1, -0.05) is 0 Å². The fraction of sp³-hybridized carbons (Fsp3) is 0.308. The molecule has 0 spiro atoms. The van der Waals surface area contributed by atoms with Crippen molar-refractivity contribution in [1.82, 2.24) is 15.0 Å². The van der Waals surface area contributed by atoms with Gasteiger partial charge < -0.3 is 10.1 Å². The second-order valence-electron chi connectivity index (χ2n) is 4.21. The van der Waals surface area contributed by atoms with E-state index in [-0.39, 0.29) is 11.4 Å². The molecule has 0 radical (unpaired) electrons. The molecule has 0 fully saturated rings. The van der Waals surface area contributed by atoms with Crippen LogP contribution in [0.5, 0.6) is 5.88 Å². The number of aryl methyl sites for hydroxylation is 1. The lowest BCUT2D eigenvalue weighted by molar-refractivity contribution is -0.385. The Kier molecular flexibility index (Phi) is 4.27. The number of nitrogens with one attached hydrogen (secondary N) is 1. The van der Waals surface area contributed by atoms with Crippen molar-refractivity contribution in [2.24, 2.45) is 0 Å². The minimum atomic E-state index is -0.482. The van der Waals surface area contributed by atoms with Crippen LogP contribution in [0, 0.1) is 17.0 Å². The van der Waals surface area contributed by atoms with E-state index in [0.29, 0.717) is 29.6 Å². The first-order valence-corrected chi connectivity index (χ1v) is 6.34. The predicted molar refractivity (Wildman–Crippen MR) is 77.4 cm³/mol. The molecule has 8 heteroatoms. The Balaban J connectivity index is 2.59. The summed E-state index contributed by atoms with van der Waals surface area (Å²) in [5.41, 5.74) is 0.950. The van der Waals surface area contributed by atoms with Crippen molar-refractivity contribution in [1.29, 1.82) is 0 Å². The molecule has 0 aliphatic carbocycles. The highest BCUT2D eigenvalue weighted by atomic mass is 16.6. The molecule has 2 heterocycles. The van der Waals surface area contributed by atoms with E-state index >= 15 is 0 Å². The van der Waals surface area contributed by atoms with E-state index in [1.807, 2.05) is 6.92 Å². The van der Waals surface area contributed by atoms with Gasteiger partial charge in [-0.25, -0.2) is 15.0 Å². The van der Waals surface area contributed by atoms with Crippen molar-refractivity contribution >= 4 is 11.6 Å². The van der Waals surface area contributed by atoms with Gasteiger partial charge in [0, 0.05) is 24.4 Å². The lowest BCUT2D eigenvalue weighted by Gasteiger charge is -2.08. The number of rotatable bonds is 5.